The molecule has 0 aromatic carbocycles. The fraction of sp³-hybridized carbons (Fsp3) is 0.625. The van der Waals surface area contributed by atoms with Crippen LogP contribution in [0.3, 0.4) is 0 Å². The number of carbonyl (C=O) groups excluding carboxylic acids is 2. The van der Waals surface area contributed by atoms with Crippen LogP contribution in [0, 0.1) is 0 Å². The number of halogens is 3. The van der Waals surface area contributed by atoms with Gasteiger partial charge < -0.3 is 19.8 Å². The molecular formula is C16H22F3N5O4. The van der Waals surface area contributed by atoms with E-state index in [1.807, 2.05) is 4.90 Å². The molecule has 12 heteroatoms. The van der Waals surface area contributed by atoms with Gasteiger partial charge in [-0.15, -0.1) is 0 Å². The first kappa shape index (κ1) is 21.7. The number of amides is 2. The fourth-order valence-corrected chi connectivity index (χ4v) is 2.90. The number of carboxylic acids is 1. The lowest BCUT2D eigenvalue weighted by Gasteiger charge is -2.32. The summed E-state index contributed by atoms with van der Waals surface area (Å²) < 4.78 is 31.7. The monoisotopic (exact) mass is 405 g/mol. The van der Waals surface area contributed by atoms with Crippen LogP contribution in [0.1, 0.15) is 28.7 Å². The molecule has 2 amide bonds. The minimum Gasteiger partial charge on any atom is -0.475 e. The Hall–Kier alpha value is -2.63. The topological polar surface area (TPSA) is 110 Å². The molecule has 0 radical (unpaired) electrons. The van der Waals surface area contributed by atoms with Crippen molar-refractivity contribution in [2.24, 2.45) is 0 Å². The summed E-state index contributed by atoms with van der Waals surface area (Å²) in [5, 5.41) is 14.3. The van der Waals surface area contributed by atoms with Crippen LogP contribution in [-0.2, 0) is 22.6 Å². The number of fused-ring (bicyclic) bond motifs is 1. The van der Waals surface area contributed by atoms with Gasteiger partial charge in [-0.05, 0) is 7.05 Å². The normalized spacial score (nSPS) is 17.5. The Kier molecular flexibility index (Phi) is 6.65. The number of aliphatic carboxylic acids is 1. The van der Waals surface area contributed by atoms with Gasteiger partial charge >= 0.3 is 12.1 Å². The van der Waals surface area contributed by atoms with E-state index in [-0.39, 0.29) is 11.8 Å². The molecule has 2 aliphatic rings. The summed E-state index contributed by atoms with van der Waals surface area (Å²) in [4.78, 5) is 38.9. The second kappa shape index (κ2) is 8.59. The van der Waals surface area contributed by atoms with Crippen molar-refractivity contribution in [3.8, 4) is 0 Å². The zero-order chi connectivity index (χ0) is 21.1. The standard InChI is InChI=1S/C14H21N5O2.C2HF3O2/c1-10(20)19-4-3-12-11(9-19)13(16-15-12)14(21)18-7-5-17(2)6-8-18;3-2(4,5)1(6)7/h3-9H2,1-2H3,(H,15,16);(H,6,7). The van der Waals surface area contributed by atoms with Crippen LogP contribution in [0.25, 0.3) is 0 Å². The summed E-state index contributed by atoms with van der Waals surface area (Å²) in [6.07, 6.45) is -4.35. The van der Waals surface area contributed by atoms with Crippen LogP contribution < -0.4 is 0 Å². The Morgan fingerprint density at radius 2 is 1.64 bits per heavy atom. The van der Waals surface area contributed by atoms with Gasteiger partial charge in [0, 0.05) is 63.9 Å². The van der Waals surface area contributed by atoms with E-state index < -0.39 is 12.1 Å². The number of nitrogens with zero attached hydrogens (tertiary/aromatic N) is 4. The van der Waals surface area contributed by atoms with Gasteiger partial charge in [0.15, 0.2) is 5.69 Å². The first-order valence-corrected chi connectivity index (χ1v) is 8.60. The Labute approximate surface area is 159 Å². The highest BCUT2D eigenvalue weighted by Gasteiger charge is 2.38. The van der Waals surface area contributed by atoms with Gasteiger partial charge in [0.25, 0.3) is 5.91 Å². The second-order valence-corrected chi connectivity index (χ2v) is 6.62. The van der Waals surface area contributed by atoms with Crippen LogP contribution in [0.4, 0.5) is 13.2 Å². The quantitative estimate of drug-likeness (QED) is 0.697. The molecule has 0 saturated carbocycles. The molecule has 1 aromatic heterocycles. The maximum atomic E-state index is 12.6. The van der Waals surface area contributed by atoms with E-state index in [0.717, 1.165) is 43.9 Å². The van der Waals surface area contributed by atoms with E-state index in [1.165, 1.54) is 0 Å². The summed E-state index contributed by atoms with van der Waals surface area (Å²) in [5.41, 5.74) is 2.37. The van der Waals surface area contributed by atoms with Gasteiger partial charge in [-0.1, -0.05) is 0 Å². The molecule has 2 aliphatic heterocycles. The van der Waals surface area contributed by atoms with E-state index in [1.54, 1.807) is 11.8 Å². The van der Waals surface area contributed by atoms with Crippen molar-refractivity contribution < 1.29 is 32.7 Å². The van der Waals surface area contributed by atoms with E-state index in [0.29, 0.717) is 18.8 Å². The molecule has 1 saturated heterocycles. The molecule has 0 unspecified atom stereocenters. The SMILES string of the molecule is CC(=O)N1CCc2[nH]nc(C(=O)N3CCN(C)CC3)c2C1.O=C(O)C(F)(F)F. The molecule has 1 fully saturated rings. The van der Waals surface area contributed by atoms with Crippen molar-refractivity contribution in [1.82, 2.24) is 24.9 Å². The molecule has 3 heterocycles. The average molecular weight is 405 g/mol. The molecule has 1 aromatic rings. The second-order valence-electron chi connectivity index (χ2n) is 6.62. The molecule has 0 spiro atoms. The van der Waals surface area contributed by atoms with Crippen molar-refractivity contribution in [3.05, 3.63) is 17.0 Å². The molecule has 0 atom stereocenters. The average Bonchev–Trinajstić information content (AvgIpc) is 3.04. The lowest BCUT2D eigenvalue weighted by molar-refractivity contribution is -0.192. The third-order valence-electron chi connectivity index (χ3n) is 4.61. The maximum Gasteiger partial charge on any atom is 0.490 e. The Bertz CT molecular complexity index is 741. The molecule has 0 aliphatic carbocycles. The fourth-order valence-electron chi connectivity index (χ4n) is 2.90. The van der Waals surface area contributed by atoms with Crippen LogP contribution >= 0.6 is 0 Å². The number of aromatic amines is 1. The number of alkyl halides is 3. The molecule has 2 N–H and O–H groups in total. The van der Waals surface area contributed by atoms with E-state index in [4.69, 9.17) is 9.90 Å². The zero-order valence-corrected chi connectivity index (χ0v) is 15.5. The first-order valence-electron chi connectivity index (χ1n) is 8.60. The van der Waals surface area contributed by atoms with Crippen molar-refractivity contribution in [2.45, 2.75) is 26.1 Å². The molecular weight excluding hydrogens is 383 g/mol. The maximum absolute atomic E-state index is 12.6. The number of carbonyl (C=O) groups is 3. The van der Waals surface area contributed by atoms with Gasteiger partial charge in [0.2, 0.25) is 5.91 Å². The van der Waals surface area contributed by atoms with Crippen LogP contribution in [0.2, 0.25) is 0 Å². The van der Waals surface area contributed by atoms with Crippen molar-refractivity contribution >= 4 is 17.8 Å². The third-order valence-corrected chi connectivity index (χ3v) is 4.61. The summed E-state index contributed by atoms with van der Waals surface area (Å²) >= 11 is 0. The van der Waals surface area contributed by atoms with Gasteiger partial charge in [0.1, 0.15) is 0 Å². The minimum absolute atomic E-state index is 0.0222. The molecule has 3 rings (SSSR count). The highest BCUT2D eigenvalue weighted by Crippen LogP contribution is 2.22. The smallest absolute Gasteiger partial charge is 0.475 e. The van der Waals surface area contributed by atoms with Gasteiger partial charge in [-0.3, -0.25) is 14.7 Å². The number of H-pyrrole nitrogens is 1. The van der Waals surface area contributed by atoms with Crippen molar-refractivity contribution in [3.63, 3.8) is 0 Å². The van der Waals surface area contributed by atoms with E-state index in [9.17, 15) is 22.8 Å². The number of piperazine rings is 1. The largest absolute Gasteiger partial charge is 0.490 e. The number of nitrogens with one attached hydrogen (secondary N) is 1. The predicted octanol–water partition coefficient (Wildman–Crippen LogP) is 0.335. The number of hydrogen-bond donors (Lipinski definition) is 2. The third kappa shape index (κ3) is 5.21. The van der Waals surface area contributed by atoms with Crippen molar-refractivity contribution in [2.75, 3.05) is 39.8 Å². The van der Waals surface area contributed by atoms with Gasteiger partial charge in [0.05, 0.1) is 0 Å². The lowest BCUT2D eigenvalue weighted by Crippen LogP contribution is -2.47. The number of rotatable bonds is 1. The lowest BCUT2D eigenvalue weighted by atomic mass is 10.0. The van der Waals surface area contributed by atoms with E-state index >= 15 is 0 Å². The van der Waals surface area contributed by atoms with Crippen LogP contribution in [0.15, 0.2) is 0 Å². The molecule has 9 nitrogen and oxygen atoms in total. The Morgan fingerprint density at radius 3 is 2.14 bits per heavy atom. The Balaban J connectivity index is 0.000000345. The Morgan fingerprint density at radius 1 is 1.07 bits per heavy atom. The highest BCUT2D eigenvalue weighted by molar-refractivity contribution is 5.94. The summed E-state index contributed by atoms with van der Waals surface area (Å²) in [5.74, 6) is -2.74. The van der Waals surface area contributed by atoms with Gasteiger partial charge in [-0.2, -0.15) is 18.3 Å². The van der Waals surface area contributed by atoms with Crippen LogP contribution in [0.5, 0.6) is 0 Å². The summed E-state index contributed by atoms with van der Waals surface area (Å²) in [6.45, 7) is 5.96. The summed E-state index contributed by atoms with van der Waals surface area (Å²) in [7, 11) is 2.06. The van der Waals surface area contributed by atoms with E-state index in [2.05, 4.69) is 22.1 Å². The number of likely N-dealkylation sites (N-methyl/N-ethyl adjacent to an activating group) is 1. The number of carboxylic acid groups (broad SMARTS) is 1. The predicted molar refractivity (Wildman–Crippen MR) is 90.5 cm³/mol. The highest BCUT2D eigenvalue weighted by atomic mass is 19.4. The molecule has 156 valence electrons. The molecule has 28 heavy (non-hydrogen) atoms. The number of hydrogen-bond acceptors (Lipinski definition) is 5. The molecule has 0 bridgehead atoms. The summed E-state index contributed by atoms with van der Waals surface area (Å²) in [6, 6.07) is 0. The van der Waals surface area contributed by atoms with Crippen molar-refractivity contribution in [1.29, 1.82) is 0 Å². The number of aromatic nitrogens is 2. The zero-order valence-electron chi connectivity index (χ0n) is 15.5. The van der Waals surface area contributed by atoms with Gasteiger partial charge in [-0.25, -0.2) is 4.79 Å². The first-order chi connectivity index (χ1) is 13.0. The minimum atomic E-state index is -5.08. The van der Waals surface area contributed by atoms with Crippen LogP contribution in [-0.4, -0.2) is 93.7 Å².